The summed E-state index contributed by atoms with van der Waals surface area (Å²) in [5.74, 6) is -1.98. The van der Waals surface area contributed by atoms with E-state index in [9.17, 15) is 19.2 Å². The number of thiazole rings is 1. The molecule has 4 heterocycles. The molecule has 2 amide bonds. The third-order valence-electron chi connectivity index (χ3n) is 10.5. The van der Waals surface area contributed by atoms with E-state index in [1.165, 1.54) is 23.6 Å². The molecule has 14 nitrogen and oxygen atoms in total. The number of hydrogen-bond acceptors (Lipinski definition) is 14. The third kappa shape index (κ3) is 10.2. The molecule has 2 aliphatic rings. The smallest absolute Gasteiger partial charge is 0.431 e. The van der Waals surface area contributed by atoms with Gasteiger partial charge >= 0.3 is 12.1 Å². The van der Waals surface area contributed by atoms with Gasteiger partial charge in [-0.05, 0) is 30.0 Å². The standard InChI is InChI=1S/C48H48N6O8S2/c1-4-16-37(17-5-2)61-47(58)60-31(3)59-45(57)41-33(26-25-32-18-15-27-50-28-32)29-63-44-40(43(56)54(41)44)52-42(55)39(38-30-64-46(49)51-38)53-62-48(34-19-9-6-10-20-34,35-21-11-7-12-22-35)36-23-13-8-14-24-36/h6-15,18-28,30-31,37,40,44H,4-5,16-17,29H2,1-3H3,(H2,49,51)(H,52,55)/b26-25-,53-39+/t31?,40-,44-/m1/s1. The van der Waals surface area contributed by atoms with Crippen LogP contribution in [0.2, 0.25) is 0 Å². The molecule has 2 aromatic heterocycles. The molecule has 0 bridgehead atoms. The first kappa shape index (κ1) is 45.3. The van der Waals surface area contributed by atoms with E-state index < -0.39 is 47.2 Å². The van der Waals surface area contributed by atoms with Gasteiger partial charge in [-0.1, -0.05) is 141 Å². The summed E-state index contributed by atoms with van der Waals surface area (Å²) in [6.07, 6.45) is 7.09. The number of rotatable bonds is 18. The highest BCUT2D eigenvalue weighted by atomic mass is 32.2. The molecule has 1 fully saturated rings. The maximum absolute atomic E-state index is 14.5. The van der Waals surface area contributed by atoms with Gasteiger partial charge in [0.25, 0.3) is 11.8 Å². The molecule has 2 aliphatic heterocycles. The van der Waals surface area contributed by atoms with Gasteiger partial charge in [0.05, 0.1) is 0 Å². The third-order valence-corrected chi connectivity index (χ3v) is 12.4. The van der Waals surface area contributed by atoms with Crippen molar-refractivity contribution in [3.8, 4) is 0 Å². The van der Waals surface area contributed by atoms with E-state index >= 15 is 0 Å². The summed E-state index contributed by atoms with van der Waals surface area (Å²) < 4.78 is 16.4. The number of β-lactam (4-membered cyclic amide) rings is 1. The number of nitrogens with two attached hydrogens (primary N) is 1. The Balaban J connectivity index is 1.17. The minimum absolute atomic E-state index is 0.0547. The number of carbonyl (C=O) groups is 4. The Bertz CT molecular complexity index is 2400. The zero-order valence-electron chi connectivity index (χ0n) is 35.5. The second-order valence-corrected chi connectivity index (χ2v) is 16.9. The summed E-state index contributed by atoms with van der Waals surface area (Å²) in [6, 6.07) is 31.1. The van der Waals surface area contributed by atoms with Gasteiger partial charge in [0.15, 0.2) is 10.8 Å². The number of benzene rings is 3. The second-order valence-electron chi connectivity index (χ2n) is 14.9. The predicted octanol–water partition coefficient (Wildman–Crippen LogP) is 8.21. The number of pyridine rings is 1. The van der Waals surface area contributed by atoms with Crippen molar-refractivity contribution in [1.29, 1.82) is 0 Å². The van der Waals surface area contributed by atoms with Crippen LogP contribution in [0.15, 0.2) is 143 Å². The maximum Gasteiger partial charge on any atom is 0.511 e. The minimum atomic E-state index is -1.35. The first-order valence-electron chi connectivity index (χ1n) is 20.9. The molecule has 3 N–H and O–H groups in total. The number of nitrogens with zero attached hydrogens (tertiary/aromatic N) is 4. The topological polar surface area (TPSA) is 185 Å². The number of nitrogen functional groups attached to an aromatic ring is 1. The molecular formula is C48H48N6O8S2. The Labute approximate surface area is 379 Å². The molecule has 5 aromatic rings. The number of aromatic nitrogens is 2. The summed E-state index contributed by atoms with van der Waals surface area (Å²) in [7, 11) is 0. The van der Waals surface area contributed by atoms with Gasteiger partial charge < -0.3 is 30.1 Å². The number of ether oxygens (including phenoxy) is 3. The average Bonchev–Trinajstić information content (AvgIpc) is 3.75. The summed E-state index contributed by atoms with van der Waals surface area (Å²) in [4.78, 5) is 71.9. The van der Waals surface area contributed by atoms with E-state index in [4.69, 9.17) is 24.8 Å². The highest BCUT2D eigenvalue weighted by Crippen LogP contribution is 2.43. The number of oxime groups is 1. The fraction of sp³-hybridized carbons (Fsp3) is 0.271. The van der Waals surface area contributed by atoms with Crippen molar-refractivity contribution in [2.24, 2.45) is 5.16 Å². The molecule has 1 unspecified atom stereocenters. The van der Waals surface area contributed by atoms with Crippen LogP contribution >= 0.6 is 23.1 Å². The highest BCUT2D eigenvalue weighted by Gasteiger charge is 2.55. The van der Waals surface area contributed by atoms with Crippen molar-refractivity contribution in [2.45, 2.75) is 75.9 Å². The summed E-state index contributed by atoms with van der Waals surface area (Å²) in [5.41, 5.74) is 8.06. The van der Waals surface area contributed by atoms with Gasteiger partial charge in [0.2, 0.25) is 11.9 Å². The number of hydrogen-bond donors (Lipinski definition) is 2. The molecule has 64 heavy (non-hydrogen) atoms. The number of amides is 2. The van der Waals surface area contributed by atoms with Gasteiger partial charge in [-0.2, -0.15) is 0 Å². The number of esters is 1. The second kappa shape index (κ2) is 21.1. The quantitative estimate of drug-likeness (QED) is 0.0215. The lowest BCUT2D eigenvalue weighted by Crippen LogP contribution is -2.71. The Morgan fingerprint density at radius 1 is 0.891 bits per heavy atom. The van der Waals surface area contributed by atoms with Crippen molar-refractivity contribution < 1.29 is 38.2 Å². The Morgan fingerprint density at radius 2 is 1.52 bits per heavy atom. The summed E-state index contributed by atoms with van der Waals surface area (Å²) >= 11 is 2.46. The molecule has 3 aromatic carbocycles. The summed E-state index contributed by atoms with van der Waals surface area (Å²) in [5, 5.41) is 8.46. The highest BCUT2D eigenvalue weighted by molar-refractivity contribution is 8.00. The molecule has 0 aliphatic carbocycles. The number of carbonyl (C=O) groups excluding carboxylic acids is 4. The van der Waals surface area contributed by atoms with Crippen LogP contribution < -0.4 is 11.1 Å². The fourth-order valence-electron chi connectivity index (χ4n) is 7.47. The molecule has 3 atom stereocenters. The first-order chi connectivity index (χ1) is 31.1. The molecule has 0 spiro atoms. The number of fused-ring (bicyclic) bond motifs is 1. The van der Waals surface area contributed by atoms with Crippen molar-refractivity contribution in [3.05, 3.63) is 166 Å². The average molecular weight is 901 g/mol. The monoisotopic (exact) mass is 900 g/mol. The lowest BCUT2D eigenvalue weighted by molar-refractivity contribution is -0.169. The first-order valence-corrected chi connectivity index (χ1v) is 22.8. The Hall–Kier alpha value is -6.78. The summed E-state index contributed by atoms with van der Waals surface area (Å²) in [6.45, 7) is 5.38. The van der Waals surface area contributed by atoms with Crippen molar-refractivity contribution in [2.75, 3.05) is 11.5 Å². The van der Waals surface area contributed by atoms with Gasteiger partial charge in [0.1, 0.15) is 28.9 Å². The number of nitrogens with one attached hydrogen (secondary N) is 1. The SMILES string of the molecule is CCCC(CCC)OC(=O)OC(C)OC(=O)C1=C(/C=C\c2cccnc2)CS[C@@H]2[C@H](NC(=O)/C(=N/OC(c3ccccc3)(c3ccccc3)c3ccccc3)c3csc(N)n3)C(=O)N12. The zero-order chi connectivity index (χ0) is 45.1. The van der Waals surface area contributed by atoms with Crippen LogP contribution in [0.3, 0.4) is 0 Å². The van der Waals surface area contributed by atoms with E-state index in [0.717, 1.165) is 46.4 Å². The van der Waals surface area contributed by atoms with E-state index in [0.29, 0.717) is 18.4 Å². The van der Waals surface area contributed by atoms with Crippen molar-refractivity contribution in [1.82, 2.24) is 20.2 Å². The fourth-order valence-corrected chi connectivity index (χ4v) is 9.34. The predicted molar refractivity (Wildman–Crippen MR) is 245 cm³/mol. The molecule has 0 saturated carbocycles. The van der Waals surface area contributed by atoms with E-state index in [1.54, 1.807) is 36.0 Å². The lowest BCUT2D eigenvalue weighted by atomic mass is 9.80. The van der Waals surface area contributed by atoms with Gasteiger partial charge in [-0.3, -0.25) is 19.5 Å². The van der Waals surface area contributed by atoms with Crippen LogP contribution in [-0.2, 0) is 39.0 Å². The molecule has 7 rings (SSSR count). The largest absolute Gasteiger partial charge is 0.511 e. The van der Waals surface area contributed by atoms with Crippen LogP contribution in [0.1, 0.15) is 74.4 Å². The van der Waals surface area contributed by atoms with Crippen LogP contribution in [-0.4, -0.2) is 74.1 Å². The van der Waals surface area contributed by atoms with Crippen molar-refractivity contribution in [3.63, 3.8) is 0 Å². The van der Waals surface area contributed by atoms with E-state index in [-0.39, 0.29) is 34.1 Å². The van der Waals surface area contributed by atoms with Crippen molar-refractivity contribution >= 4 is 64.0 Å². The van der Waals surface area contributed by atoms with Crippen LogP contribution in [0.25, 0.3) is 6.08 Å². The molecule has 0 radical (unpaired) electrons. The Kier molecular flexibility index (Phi) is 14.9. The maximum atomic E-state index is 14.5. The number of thioether (sulfide) groups is 1. The van der Waals surface area contributed by atoms with Crippen LogP contribution in [0.5, 0.6) is 0 Å². The minimum Gasteiger partial charge on any atom is -0.431 e. The van der Waals surface area contributed by atoms with E-state index in [1.807, 2.05) is 111 Å². The van der Waals surface area contributed by atoms with Gasteiger partial charge in [-0.25, -0.2) is 14.6 Å². The van der Waals surface area contributed by atoms with Gasteiger partial charge in [0, 0.05) is 47.1 Å². The molecule has 1 saturated heterocycles. The van der Waals surface area contributed by atoms with E-state index in [2.05, 4.69) is 20.4 Å². The molecule has 330 valence electrons. The van der Waals surface area contributed by atoms with Crippen LogP contribution in [0.4, 0.5) is 9.93 Å². The lowest BCUT2D eigenvalue weighted by Gasteiger charge is -2.49. The normalized spacial score (nSPS) is 16.8. The van der Waals surface area contributed by atoms with Gasteiger partial charge in [-0.15, -0.1) is 23.1 Å². The Morgan fingerprint density at radius 3 is 2.06 bits per heavy atom. The number of allylic oxidation sites excluding steroid dienone is 1. The zero-order valence-corrected chi connectivity index (χ0v) is 37.1. The number of anilines is 1. The van der Waals surface area contributed by atoms with Crippen LogP contribution in [0, 0.1) is 0 Å². The molecule has 16 heteroatoms. The molecular weight excluding hydrogens is 853 g/mol.